The van der Waals surface area contributed by atoms with Gasteiger partial charge in [0.05, 0.1) is 0 Å². The fourth-order valence-corrected chi connectivity index (χ4v) is 4.21. The van der Waals surface area contributed by atoms with E-state index >= 15 is 0 Å². The summed E-state index contributed by atoms with van der Waals surface area (Å²) in [5.74, 6) is 6.97. The Morgan fingerprint density at radius 2 is 1.88 bits per heavy atom. The van der Waals surface area contributed by atoms with Gasteiger partial charge in [0.25, 0.3) is 0 Å². The van der Waals surface area contributed by atoms with Gasteiger partial charge in [0.2, 0.25) is 0 Å². The highest BCUT2D eigenvalue weighted by atomic mass is 16.5. The van der Waals surface area contributed by atoms with Crippen LogP contribution in [0.2, 0.25) is 0 Å². The molecular weight excluding hydrogens is 324 g/mol. The number of ether oxygens (including phenoxy) is 1. The number of methoxy groups -OCH3 is 1. The van der Waals surface area contributed by atoms with Crippen LogP contribution in [0.3, 0.4) is 0 Å². The second-order valence-electron chi connectivity index (χ2n) is 7.21. The number of benzene rings is 1. The first-order valence-electron chi connectivity index (χ1n) is 9.16. The molecule has 1 aromatic carbocycles. The lowest BCUT2D eigenvalue weighted by Gasteiger charge is -2.49. The summed E-state index contributed by atoms with van der Waals surface area (Å²) in [6.45, 7) is 3.03. The van der Waals surface area contributed by atoms with Crippen LogP contribution in [-0.2, 0) is 10.3 Å². The molecule has 5 rings (SSSR count). The van der Waals surface area contributed by atoms with Gasteiger partial charge in [-0.2, -0.15) is 0 Å². The third kappa shape index (κ3) is 2.93. The zero-order valence-corrected chi connectivity index (χ0v) is 15.1. The molecule has 2 atom stereocenters. The molecule has 0 saturated carbocycles. The van der Waals surface area contributed by atoms with E-state index in [2.05, 4.69) is 21.7 Å². The summed E-state index contributed by atoms with van der Waals surface area (Å²) in [6, 6.07) is 13.3. The molecule has 4 nitrogen and oxygen atoms in total. The van der Waals surface area contributed by atoms with Crippen molar-refractivity contribution in [2.45, 2.75) is 24.0 Å². The van der Waals surface area contributed by atoms with E-state index in [9.17, 15) is 5.11 Å². The number of aliphatic hydroxyl groups is 1. The molecule has 26 heavy (non-hydrogen) atoms. The van der Waals surface area contributed by atoms with Crippen molar-refractivity contribution >= 4 is 0 Å². The molecule has 3 fully saturated rings. The minimum Gasteiger partial charge on any atom is -0.369 e. The van der Waals surface area contributed by atoms with E-state index in [1.807, 2.05) is 42.5 Å². The van der Waals surface area contributed by atoms with E-state index in [4.69, 9.17) is 4.74 Å². The van der Waals surface area contributed by atoms with Gasteiger partial charge in [0.1, 0.15) is 5.60 Å². The average molecular weight is 348 g/mol. The van der Waals surface area contributed by atoms with E-state index < -0.39 is 11.2 Å². The summed E-state index contributed by atoms with van der Waals surface area (Å²) < 4.78 is 5.94. The fourth-order valence-electron chi connectivity index (χ4n) is 4.21. The largest absolute Gasteiger partial charge is 0.369 e. The SMILES string of the molecule is COC1(C#C[C@](O)(c2ccccc2)c2cccnc2)CN2CCC1CC2. The number of piperidine rings is 3. The van der Waals surface area contributed by atoms with E-state index in [0.717, 1.165) is 38.0 Å². The third-order valence-electron chi connectivity index (χ3n) is 5.80. The molecule has 3 aliphatic rings. The van der Waals surface area contributed by atoms with Crippen molar-refractivity contribution in [2.24, 2.45) is 5.92 Å². The Kier molecular flexibility index (Phi) is 4.54. The summed E-state index contributed by atoms with van der Waals surface area (Å²) in [4.78, 5) is 6.59. The Labute approximate surface area is 154 Å². The highest BCUT2D eigenvalue weighted by Crippen LogP contribution is 2.38. The quantitative estimate of drug-likeness (QED) is 0.866. The summed E-state index contributed by atoms with van der Waals surface area (Å²) in [5.41, 5.74) is -0.506. The zero-order valence-electron chi connectivity index (χ0n) is 15.1. The Morgan fingerprint density at radius 3 is 2.46 bits per heavy atom. The number of pyridine rings is 1. The molecule has 3 saturated heterocycles. The van der Waals surface area contributed by atoms with Gasteiger partial charge >= 0.3 is 0 Å². The molecular formula is C22H24N2O2. The Balaban J connectivity index is 1.79. The first kappa shape index (κ1) is 17.2. The molecule has 1 unspecified atom stereocenters. The van der Waals surface area contributed by atoms with Crippen molar-refractivity contribution in [3.63, 3.8) is 0 Å². The van der Waals surface area contributed by atoms with Gasteiger partial charge in [-0.1, -0.05) is 48.2 Å². The van der Waals surface area contributed by atoms with Crippen molar-refractivity contribution < 1.29 is 9.84 Å². The van der Waals surface area contributed by atoms with E-state index in [-0.39, 0.29) is 0 Å². The standard InChI is InChI=1S/C22H24N2O2/c1-26-21(17-24-14-9-18(21)10-15-24)11-12-22(25,19-6-3-2-4-7-19)20-8-5-13-23-16-20/h2-8,13,16,18,25H,9-10,14-15,17H2,1H3/t21?,22-/m0/s1. The Bertz CT molecular complexity index is 765. The van der Waals surface area contributed by atoms with Gasteiger partial charge in [-0.25, -0.2) is 0 Å². The van der Waals surface area contributed by atoms with Gasteiger partial charge in [-0.3, -0.25) is 9.88 Å². The van der Waals surface area contributed by atoms with Crippen LogP contribution >= 0.6 is 0 Å². The normalized spacial score (nSPS) is 29.5. The van der Waals surface area contributed by atoms with Gasteiger partial charge in [0.15, 0.2) is 5.60 Å². The zero-order chi connectivity index (χ0) is 18.0. The third-order valence-corrected chi connectivity index (χ3v) is 5.80. The highest BCUT2D eigenvalue weighted by molar-refractivity contribution is 5.44. The molecule has 0 spiro atoms. The van der Waals surface area contributed by atoms with Crippen LogP contribution in [0.1, 0.15) is 24.0 Å². The van der Waals surface area contributed by atoms with Gasteiger partial charge in [-0.05, 0) is 32.0 Å². The topological polar surface area (TPSA) is 45.6 Å². The molecule has 3 aliphatic heterocycles. The van der Waals surface area contributed by atoms with Gasteiger partial charge in [-0.15, -0.1) is 0 Å². The average Bonchev–Trinajstić information content (AvgIpc) is 2.74. The molecule has 1 N–H and O–H groups in total. The fraction of sp³-hybridized carbons (Fsp3) is 0.409. The Hall–Kier alpha value is -2.19. The monoisotopic (exact) mass is 348 g/mol. The van der Waals surface area contributed by atoms with Crippen molar-refractivity contribution in [3.8, 4) is 11.8 Å². The molecule has 4 heteroatoms. The van der Waals surface area contributed by atoms with Crippen molar-refractivity contribution in [1.29, 1.82) is 0 Å². The van der Waals surface area contributed by atoms with Crippen LogP contribution in [-0.4, -0.2) is 47.3 Å². The highest BCUT2D eigenvalue weighted by Gasteiger charge is 2.46. The predicted octanol–water partition coefficient (Wildman–Crippen LogP) is 2.43. The molecule has 0 radical (unpaired) electrons. The van der Waals surface area contributed by atoms with Crippen molar-refractivity contribution in [2.75, 3.05) is 26.7 Å². The second-order valence-corrected chi connectivity index (χ2v) is 7.21. The van der Waals surface area contributed by atoms with E-state index in [1.54, 1.807) is 19.5 Å². The molecule has 1 aromatic heterocycles. The van der Waals surface area contributed by atoms with E-state index in [0.29, 0.717) is 11.5 Å². The van der Waals surface area contributed by atoms with Crippen LogP contribution in [0.15, 0.2) is 54.9 Å². The van der Waals surface area contributed by atoms with Gasteiger partial charge in [0, 0.05) is 43.1 Å². The molecule has 4 heterocycles. The number of hydrogen-bond acceptors (Lipinski definition) is 4. The lowest BCUT2D eigenvalue weighted by atomic mass is 9.75. The molecule has 2 bridgehead atoms. The van der Waals surface area contributed by atoms with Crippen LogP contribution in [0.25, 0.3) is 0 Å². The lowest BCUT2D eigenvalue weighted by Crippen LogP contribution is -2.59. The maximum Gasteiger partial charge on any atom is 0.178 e. The molecule has 134 valence electrons. The van der Waals surface area contributed by atoms with Crippen LogP contribution in [0.5, 0.6) is 0 Å². The number of rotatable bonds is 3. The van der Waals surface area contributed by atoms with E-state index in [1.165, 1.54) is 0 Å². The second kappa shape index (κ2) is 6.85. The van der Waals surface area contributed by atoms with Crippen molar-refractivity contribution in [1.82, 2.24) is 9.88 Å². The number of aromatic nitrogens is 1. The Morgan fingerprint density at radius 1 is 1.15 bits per heavy atom. The van der Waals surface area contributed by atoms with Crippen LogP contribution in [0.4, 0.5) is 0 Å². The molecule has 0 amide bonds. The summed E-state index contributed by atoms with van der Waals surface area (Å²) in [6.07, 6.45) is 5.57. The first-order valence-corrected chi connectivity index (χ1v) is 9.16. The maximum absolute atomic E-state index is 11.6. The van der Waals surface area contributed by atoms with Crippen LogP contribution < -0.4 is 0 Å². The molecule has 2 aromatic rings. The minimum atomic E-state index is -1.41. The van der Waals surface area contributed by atoms with Crippen molar-refractivity contribution in [3.05, 3.63) is 66.0 Å². The number of fused-ring (bicyclic) bond motifs is 3. The lowest BCUT2D eigenvalue weighted by molar-refractivity contribution is -0.0964. The number of nitrogens with zero attached hydrogens (tertiary/aromatic N) is 2. The summed E-state index contributed by atoms with van der Waals surface area (Å²) >= 11 is 0. The van der Waals surface area contributed by atoms with Crippen LogP contribution in [0, 0.1) is 17.8 Å². The summed E-state index contributed by atoms with van der Waals surface area (Å²) in [5, 5.41) is 11.6. The first-order chi connectivity index (χ1) is 12.7. The minimum absolute atomic E-state index is 0.416. The summed E-state index contributed by atoms with van der Waals surface area (Å²) in [7, 11) is 1.74. The van der Waals surface area contributed by atoms with Gasteiger partial charge < -0.3 is 9.84 Å². The number of hydrogen-bond donors (Lipinski definition) is 1. The smallest absolute Gasteiger partial charge is 0.178 e. The molecule has 0 aliphatic carbocycles. The predicted molar refractivity (Wildman–Crippen MR) is 100 cm³/mol. The maximum atomic E-state index is 11.6.